The average Bonchev–Trinajstić information content (AvgIpc) is 2.78. The van der Waals surface area contributed by atoms with E-state index >= 15 is 0 Å². The summed E-state index contributed by atoms with van der Waals surface area (Å²) in [6.45, 7) is 4.30. The van der Waals surface area contributed by atoms with Crippen LogP contribution < -0.4 is 10.9 Å². The zero-order valence-corrected chi connectivity index (χ0v) is 11.8. The molecule has 0 saturated heterocycles. The first-order chi connectivity index (χ1) is 8.63. The Morgan fingerprint density at radius 2 is 2.22 bits per heavy atom. The first kappa shape index (κ1) is 13.5. The Bertz CT molecular complexity index is 438. The van der Waals surface area contributed by atoms with Gasteiger partial charge in [-0.2, -0.15) is 11.8 Å². The smallest absolute Gasteiger partial charge is 0.252 e. The lowest BCUT2D eigenvalue weighted by molar-refractivity contribution is 0.741. The van der Waals surface area contributed by atoms with Crippen LogP contribution in [0, 0.1) is 0 Å². The molecule has 18 heavy (non-hydrogen) atoms. The van der Waals surface area contributed by atoms with Gasteiger partial charge in [-0.1, -0.05) is 26.7 Å². The van der Waals surface area contributed by atoms with E-state index in [1.54, 1.807) is 17.8 Å². The number of H-pyrrole nitrogens is 1. The lowest BCUT2D eigenvalue weighted by Gasteiger charge is -2.13. The fourth-order valence-electron chi connectivity index (χ4n) is 2.17. The fourth-order valence-corrected chi connectivity index (χ4v) is 2.82. The van der Waals surface area contributed by atoms with Crippen LogP contribution in [0.15, 0.2) is 10.9 Å². The van der Waals surface area contributed by atoms with Crippen LogP contribution in [0.3, 0.4) is 0 Å². The fraction of sp³-hybridized carbons (Fsp3) is 0.692. The number of aromatic amines is 1. The summed E-state index contributed by atoms with van der Waals surface area (Å²) in [7, 11) is 0. The van der Waals surface area contributed by atoms with E-state index in [1.807, 2.05) is 0 Å². The molecule has 1 aliphatic carbocycles. The third-order valence-electron chi connectivity index (χ3n) is 3.06. The Morgan fingerprint density at radius 1 is 1.50 bits per heavy atom. The van der Waals surface area contributed by atoms with Crippen molar-refractivity contribution in [3.63, 3.8) is 0 Å². The number of anilines is 1. The number of hydrogen-bond acceptors (Lipinski definition) is 4. The molecular weight excluding hydrogens is 246 g/mol. The summed E-state index contributed by atoms with van der Waals surface area (Å²) >= 11 is 1.80. The van der Waals surface area contributed by atoms with Crippen LogP contribution in [0.5, 0.6) is 0 Å². The summed E-state index contributed by atoms with van der Waals surface area (Å²) < 4.78 is 0. The van der Waals surface area contributed by atoms with Crippen LogP contribution in [0.4, 0.5) is 5.95 Å². The van der Waals surface area contributed by atoms with Crippen molar-refractivity contribution in [1.29, 1.82) is 0 Å². The van der Waals surface area contributed by atoms with Crippen LogP contribution in [0.25, 0.3) is 0 Å². The van der Waals surface area contributed by atoms with Gasteiger partial charge in [0, 0.05) is 17.9 Å². The second kappa shape index (κ2) is 6.27. The van der Waals surface area contributed by atoms with Gasteiger partial charge in [-0.15, -0.1) is 0 Å². The zero-order chi connectivity index (χ0) is 13.0. The van der Waals surface area contributed by atoms with E-state index in [9.17, 15) is 4.79 Å². The third kappa shape index (κ3) is 4.05. The highest BCUT2D eigenvalue weighted by Gasteiger charge is 2.15. The summed E-state index contributed by atoms with van der Waals surface area (Å²) in [4.78, 5) is 18.8. The molecule has 1 aromatic heterocycles. The average molecular weight is 267 g/mol. The molecule has 2 rings (SSSR count). The normalized spacial score (nSPS) is 16.4. The van der Waals surface area contributed by atoms with E-state index in [0.29, 0.717) is 17.2 Å². The second-order valence-corrected chi connectivity index (χ2v) is 6.64. The molecular formula is C13H21N3OS. The Labute approximate surface area is 112 Å². The number of hydrogen-bond donors (Lipinski definition) is 2. The van der Waals surface area contributed by atoms with Gasteiger partial charge in [-0.25, -0.2) is 4.98 Å². The zero-order valence-electron chi connectivity index (χ0n) is 11.0. The van der Waals surface area contributed by atoms with Gasteiger partial charge in [0.05, 0.1) is 5.69 Å². The van der Waals surface area contributed by atoms with E-state index in [2.05, 4.69) is 29.1 Å². The predicted octanol–water partition coefficient (Wildman–Crippen LogP) is 2.77. The van der Waals surface area contributed by atoms with Gasteiger partial charge >= 0.3 is 0 Å². The van der Waals surface area contributed by atoms with Crippen molar-refractivity contribution in [1.82, 2.24) is 9.97 Å². The summed E-state index contributed by atoms with van der Waals surface area (Å²) in [6, 6.07) is 2.07. The molecule has 0 unspecified atom stereocenters. The monoisotopic (exact) mass is 267 g/mol. The minimum atomic E-state index is -0.0650. The van der Waals surface area contributed by atoms with Gasteiger partial charge in [0.2, 0.25) is 5.95 Å². The molecule has 4 nitrogen and oxygen atoms in total. The summed E-state index contributed by atoms with van der Waals surface area (Å²) in [5, 5.41) is 3.89. The molecule has 1 saturated carbocycles. The molecule has 1 fully saturated rings. The minimum absolute atomic E-state index is 0.0650. The second-order valence-electron chi connectivity index (χ2n) is 5.07. The molecule has 1 aromatic rings. The van der Waals surface area contributed by atoms with Crippen LogP contribution in [0.1, 0.15) is 45.2 Å². The van der Waals surface area contributed by atoms with Crippen molar-refractivity contribution in [2.24, 2.45) is 0 Å². The van der Waals surface area contributed by atoms with Crippen molar-refractivity contribution in [3.05, 3.63) is 22.1 Å². The van der Waals surface area contributed by atoms with Gasteiger partial charge in [-0.05, 0) is 18.1 Å². The highest BCUT2D eigenvalue weighted by molar-refractivity contribution is 7.99. The van der Waals surface area contributed by atoms with Crippen LogP contribution >= 0.6 is 11.8 Å². The van der Waals surface area contributed by atoms with Gasteiger partial charge in [0.1, 0.15) is 0 Å². The van der Waals surface area contributed by atoms with Gasteiger partial charge in [0.15, 0.2) is 0 Å². The minimum Gasteiger partial charge on any atom is -0.353 e. The maximum Gasteiger partial charge on any atom is 0.252 e. The molecule has 0 aromatic carbocycles. The molecule has 2 N–H and O–H groups in total. The van der Waals surface area contributed by atoms with E-state index in [1.165, 1.54) is 25.7 Å². The van der Waals surface area contributed by atoms with Crippen LogP contribution in [-0.2, 0) is 5.75 Å². The van der Waals surface area contributed by atoms with Crippen molar-refractivity contribution < 1.29 is 0 Å². The first-order valence-corrected chi connectivity index (χ1v) is 7.67. The number of thioether (sulfide) groups is 1. The predicted molar refractivity (Wildman–Crippen MR) is 77.2 cm³/mol. The van der Waals surface area contributed by atoms with Crippen molar-refractivity contribution >= 4 is 17.7 Å². The Morgan fingerprint density at radius 3 is 2.89 bits per heavy atom. The lowest BCUT2D eigenvalue weighted by Crippen LogP contribution is -2.20. The van der Waals surface area contributed by atoms with Gasteiger partial charge in [0.25, 0.3) is 5.56 Å². The molecule has 0 radical (unpaired) electrons. The van der Waals surface area contributed by atoms with E-state index in [4.69, 9.17) is 0 Å². The molecule has 0 bridgehead atoms. The Hall–Kier alpha value is -0.970. The van der Waals surface area contributed by atoms with Gasteiger partial charge in [-0.3, -0.25) is 9.78 Å². The topological polar surface area (TPSA) is 57.8 Å². The number of nitrogens with one attached hydrogen (secondary N) is 2. The lowest BCUT2D eigenvalue weighted by atomic mass is 10.2. The third-order valence-corrected chi connectivity index (χ3v) is 4.18. The SMILES string of the molecule is CC(C)SCc1cc(=O)[nH]c(NC2CCCC2)n1. The summed E-state index contributed by atoms with van der Waals surface area (Å²) in [6.07, 6.45) is 4.89. The van der Waals surface area contributed by atoms with E-state index in [-0.39, 0.29) is 5.56 Å². The summed E-state index contributed by atoms with van der Waals surface area (Å²) in [5.41, 5.74) is 0.794. The van der Waals surface area contributed by atoms with E-state index < -0.39 is 0 Å². The van der Waals surface area contributed by atoms with Crippen molar-refractivity contribution in [3.8, 4) is 0 Å². The molecule has 0 aliphatic heterocycles. The number of nitrogens with zero attached hydrogens (tertiary/aromatic N) is 1. The standard InChI is InChI=1S/C13H21N3OS/c1-9(2)18-8-11-7-12(17)16-13(15-11)14-10-5-3-4-6-10/h7,9-10H,3-6,8H2,1-2H3,(H2,14,15,16,17). The maximum atomic E-state index is 11.6. The van der Waals surface area contributed by atoms with Crippen molar-refractivity contribution in [2.75, 3.05) is 5.32 Å². The Kier molecular flexibility index (Phi) is 4.69. The molecule has 0 amide bonds. The maximum absolute atomic E-state index is 11.6. The van der Waals surface area contributed by atoms with Crippen molar-refractivity contribution in [2.45, 2.75) is 56.6 Å². The number of aromatic nitrogens is 2. The molecule has 5 heteroatoms. The highest BCUT2D eigenvalue weighted by atomic mass is 32.2. The molecule has 100 valence electrons. The van der Waals surface area contributed by atoms with Crippen LogP contribution in [0.2, 0.25) is 0 Å². The first-order valence-electron chi connectivity index (χ1n) is 6.62. The molecule has 0 atom stereocenters. The van der Waals surface area contributed by atoms with Gasteiger partial charge < -0.3 is 5.32 Å². The molecule has 1 heterocycles. The number of rotatable bonds is 5. The highest BCUT2D eigenvalue weighted by Crippen LogP contribution is 2.21. The Balaban J connectivity index is 2.03. The quantitative estimate of drug-likeness (QED) is 0.861. The van der Waals surface area contributed by atoms with E-state index in [0.717, 1.165) is 11.4 Å². The molecule has 1 aliphatic rings. The molecule has 0 spiro atoms. The van der Waals surface area contributed by atoms with Crippen LogP contribution in [-0.4, -0.2) is 21.3 Å². The summed E-state index contributed by atoms with van der Waals surface area (Å²) in [5.74, 6) is 1.43. The largest absolute Gasteiger partial charge is 0.353 e.